The van der Waals surface area contributed by atoms with E-state index in [4.69, 9.17) is 9.40 Å². The quantitative estimate of drug-likeness (QED) is 0.393. The van der Waals surface area contributed by atoms with Gasteiger partial charge in [-0.1, -0.05) is 43.7 Å². The summed E-state index contributed by atoms with van der Waals surface area (Å²) >= 11 is 0. The van der Waals surface area contributed by atoms with E-state index in [9.17, 15) is 0 Å². The lowest BCUT2D eigenvalue weighted by atomic mass is 10.1. The zero-order valence-electron chi connectivity index (χ0n) is 18.3. The molecule has 2 aromatic carbocycles. The van der Waals surface area contributed by atoms with Crippen molar-refractivity contribution in [1.82, 2.24) is 25.1 Å². The first kappa shape index (κ1) is 20.9. The summed E-state index contributed by atoms with van der Waals surface area (Å²) in [7, 11) is 0. The van der Waals surface area contributed by atoms with Gasteiger partial charge in [-0.25, -0.2) is 9.97 Å². The molecule has 0 atom stereocenters. The van der Waals surface area contributed by atoms with Gasteiger partial charge >= 0.3 is 0 Å². The fourth-order valence-electron chi connectivity index (χ4n) is 3.48. The van der Waals surface area contributed by atoms with Crippen molar-refractivity contribution in [2.24, 2.45) is 0 Å². The maximum atomic E-state index is 5.90. The van der Waals surface area contributed by atoms with E-state index in [-0.39, 0.29) is 0 Å². The molecule has 0 unspecified atom stereocenters. The smallest absolute Gasteiger partial charge is 0.286 e. The fraction of sp³-hybridized carbons (Fsp3) is 0.333. The molecule has 160 valence electrons. The van der Waals surface area contributed by atoms with Gasteiger partial charge in [0.05, 0.1) is 5.52 Å². The number of anilines is 1. The minimum Gasteiger partial charge on any atom is -0.413 e. The number of hydrogen-bond acceptors (Lipinski definition) is 7. The molecule has 0 bridgehead atoms. The van der Waals surface area contributed by atoms with Gasteiger partial charge in [-0.3, -0.25) is 0 Å². The number of benzene rings is 2. The highest BCUT2D eigenvalue weighted by atomic mass is 16.4. The van der Waals surface area contributed by atoms with Gasteiger partial charge < -0.3 is 14.6 Å². The van der Waals surface area contributed by atoms with Crippen LogP contribution in [0.2, 0.25) is 0 Å². The SMILES string of the molecule is CCN(CC)CCCNc1nc(-c2nnc(-c3ccc(C)cc3)o2)nc2ccccc12. The number of rotatable bonds is 9. The van der Waals surface area contributed by atoms with Gasteiger partial charge in [-0.2, -0.15) is 0 Å². The Morgan fingerprint density at radius 2 is 1.65 bits per heavy atom. The Balaban J connectivity index is 1.58. The minimum atomic E-state index is 0.313. The van der Waals surface area contributed by atoms with Crippen molar-refractivity contribution in [1.29, 1.82) is 0 Å². The van der Waals surface area contributed by atoms with E-state index in [0.29, 0.717) is 17.6 Å². The van der Waals surface area contributed by atoms with Crippen LogP contribution in [0.1, 0.15) is 25.8 Å². The molecule has 0 saturated heterocycles. The number of para-hydroxylation sites is 1. The van der Waals surface area contributed by atoms with E-state index in [2.05, 4.69) is 39.2 Å². The van der Waals surface area contributed by atoms with Crippen molar-refractivity contribution in [3.8, 4) is 23.2 Å². The van der Waals surface area contributed by atoms with Gasteiger partial charge in [0.25, 0.3) is 5.89 Å². The number of nitrogens with zero attached hydrogens (tertiary/aromatic N) is 5. The van der Waals surface area contributed by atoms with Gasteiger partial charge in [0.1, 0.15) is 5.82 Å². The summed E-state index contributed by atoms with van der Waals surface area (Å²) in [6.45, 7) is 10.4. The van der Waals surface area contributed by atoms with E-state index < -0.39 is 0 Å². The number of nitrogens with one attached hydrogen (secondary N) is 1. The topological polar surface area (TPSA) is 80.0 Å². The number of hydrogen-bond donors (Lipinski definition) is 1. The number of fused-ring (bicyclic) bond motifs is 1. The van der Waals surface area contributed by atoms with Crippen LogP contribution < -0.4 is 5.32 Å². The predicted octanol–water partition coefficient (Wildman–Crippen LogP) is 4.80. The molecular weight excluding hydrogens is 388 g/mol. The third kappa shape index (κ3) is 4.88. The van der Waals surface area contributed by atoms with E-state index in [1.165, 1.54) is 5.56 Å². The third-order valence-corrected chi connectivity index (χ3v) is 5.36. The molecule has 4 rings (SSSR count). The van der Waals surface area contributed by atoms with Crippen molar-refractivity contribution in [3.63, 3.8) is 0 Å². The summed E-state index contributed by atoms with van der Waals surface area (Å²) in [6.07, 6.45) is 1.04. The van der Waals surface area contributed by atoms with Crippen LogP contribution in [0.3, 0.4) is 0 Å². The third-order valence-electron chi connectivity index (χ3n) is 5.36. The van der Waals surface area contributed by atoms with Crippen LogP contribution in [0.4, 0.5) is 5.82 Å². The van der Waals surface area contributed by atoms with Crippen molar-refractivity contribution in [2.75, 3.05) is 31.5 Å². The van der Waals surface area contributed by atoms with E-state index in [1.807, 2.05) is 55.5 Å². The van der Waals surface area contributed by atoms with Crippen LogP contribution in [-0.4, -0.2) is 51.2 Å². The van der Waals surface area contributed by atoms with Crippen molar-refractivity contribution in [2.45, 2.75) is 27.2 Å². The van der Waals surface area contributed by atoms with E-state index in [1.54, 1.807) is 0 Å². The second kappa shape index (κ2) is 9.66. The van der Waals surface area contributed by atoms with Crippen molar-refractivity contribution < 1.29 is 4.42 Å². The second-order valence-corrected chi connectivity index (χ2v) is 7.50. The monoisotopic (exact) mass is 416 g/mol. The van der Waals surface area contributed by atoms with Crippen molar-refractivity contribution in [3.05, 3.63) is 54.1 Å². The van der Waals surface area contributed by atoms with E-state index >= 15 is 0 Å². The van der Waals surface area contributed by atoms with Crippen LogP contribution in [0.25, 0.3) is 34.1 Å². The first-order valence-electron chi connectivity index (χ1n) is 10.8. The molecule has 2 heterocycles. The Morgan fingerprint density at radius 3 is 2.42 bits per heavy atom. The van der Waals surface area contributed by atoms with Crippen LogP contribution in [-0.2, 0) is 0 Å². The summed E-state index contributed by atoms with van der Waals surface area (Å²) in [4.78, 5) is 11.8. The number of aromatic nitrogens is 4. The Kier molecular flexibility index (Phi) is 6.52. The molecule has 7 nitrogen and oxygen atoms in total. The van der Waals surface area contributed by atoms with Gasteiger partial charge in [0, 0.05) is 17.5 Å². The van der Waals surface area contributed by atoms with Crippen LogP contribution >= 0.6 is 0 Å². The molecular formula is C24H28N6O. The zero-order valence-corrected chi connectivity index (χ0v) is 18.3. The Hall–Kier alpha value is -3.32. The maximum Gasteiger partial charge on any atom is 0.286 e. The molecule has 0 saturated carbocycles. The zero-order chi connectivity index (χ0) is 21.6. The normalized spacial score (nSPS) is 11.4. The lowest BCUT2D eigenvalue weighted by Gasteiger charge is -2.18. The van der Waals surface area contributed by atoms with Gasteiger partial charge in [-0.05, 0) is 57.2 Å². The lowest BCUT2D eigenvalue weighted by molar-refractivity contribution is 0.303. The average molecular weight is 417 g/mol. The first-order valence-corrected chi connectivity index (χ1v) is 10.8. The maximum absolute atomic E-state index is 5.90. The Morgan fingerprint density at radius 1 is 0.903 bits per heavy atom. The molecule has 31 heavy (non-hydrogen) atoms. The highest BCUT2D eigenvalue weighted by Crippen LogP contribution is 2.26. The second-order valence-electron chi connectivity index (χ2n) is 7.50. The average Bonchev–Trinajstić information content (AvgIpc) is 3.30. The first-order chi connectivity index (χ1) is 15.2. The molecule has 0 radical (unpaired) electrons. The van der Waals surface area contributed by atoms with Gasteiger partial charge in [-0.15, -0.1) is 10.2 Å². The van der Waals surface area contributed by atoms with Crippen LogP contribution in [0, 0.1) is 6.92 Å². The standard InChI is InChI=1S/C24H28N6O/c1-4-30(5-2)16-8-15-25-21-19-9-6-7-10-20(19)26-22(27-21)24-29-28-23(31-24)18-13-11-17(3)12-14-18/h6-7,9-14H,4-5,8,15-16H2,1-3H3,(H,25,26,27). The molecule has 0 aliphatic heterocycles. The summed E-state index contributed by atoms with van der Waals surface area (Å²) in [5.74, 6) is 1.99. The molecule has 2 aromatic heterocycles. The van der Waals surface area contributed by atoms with Crippen LogP contribution in [0.15, 0.2) is 52.9 Å². The molecule has 0 spiro atoms. The van der Waals surface area contributed by atoms with Gasteiger partial charge in [0.2, 0.25) is 11.7 Å². The molecule has 0 amide bonds. The Bertz CT molecular complexity index is 1130. The summed E-state index contributed by atoms with van der Waals surface area (Å²) in [5, 5.41) is 12.8. The fourth-order valence-corrected chi connectivity index (χ4v) is 3.48. The lowest BCUT2D eigenvalue weighted by Crippen LogP contribution is -2.25. The molecule has 7 heteroatoms. The largest absolute Gasteiger partial charge is 0.413 e. The minimum absolute atomic E-state index is 0.313. The highest BCUT2D eigenvalue weighted by molar-refractivity contribution is 5.90. The molecule has 0 aliphatic carbocycles. The summed E-state index contributed by atoms with van der Waals surface area (Å²) < 4.78 is 5.90. The Labute approximate surface area is 182 Å². The molecule has 0 aliphatic rings. The summed E-state index contributed by atoms with van der Waals surface area (Å²) in [6, 6.07) is 15.9. The molecule has 1 N–H and O–H groups in total. The predicted molar refractivity (Wildman–Crippen MR) is 124 cm³/mol. The highest BCUT2D eigenvalue weighted by Gasteiger charge is 2.16. The number of aryl methyl sites for hydroxylation is 1. The molecule has 4 aromatic rings. The summed E-state index contributed by atoms with van der Waals surface area (Å²) in [5.41, 5.74) is 2.90. The van der Waals surface area contributed by atoms with Gasteiger partial charge in [0.15, 0.2) is 0 Å². The van der Waals surface area contributed by atoms with Crippen LogP contribution in [0.5, 0.6) is 0 Å². The molecule has 0 fully saturated rings. The van der Waals surface area contributed by atoms with E-state index in [0.717, 1.165) is 54.9 Å². The van der Waals surface area contributed by atoms with Crippen molar-refractivity contribution >= 4 is 16.7 Å².